The van der Waals surface area contributed by atoms with Crippen molar-refractivity contribution in [3.63, 3.8) is 0 Å². The van der Waals surface area contributed by atoms with Crippen LogP contribution in [0, 0.1) is 18.3 Å². The van der Waals surface area contributed by atoms with Crippen molar-refractivity contribution in [2.45, 2.75) is 44.3 Å². The van der Waals surface area contributed by atoms with Crippen LogP contribution < -0.4 is 5.32 Å². The normalized spacial score (nSPS) is 20.5. The summed E-state index contributed by atoms with van der Waals surface area (Å²) in [5, 5.41) is 11.1. The van der Waals surface area contributed by atoms with E-state index in [1.807, 2.05) is 30.3 Å². The molecule has 1 aromatic carbocycles. The molecule has 0 radical (unpaired) electrons. The van der Waals surface area contributed by atoms with Gasteiger partial charge in [-0.05, 0) is 12.0 Å². The lowest BCUT2D eigenvalue weighted by Crippen LogP contribution is -2.45. The Morgan fingerprint density at radius 1 is 1.31 bits per heavy atom. The van der Waals surface area contributed by atoms with Crippen LogP contribution in [0.15, 0.2) is 40.6 Å². The molecule has 0 spiro atoms. The molecule has 1 unspecified atom stereocenters. The maximum Gasteiger partial charge on any atom is 0.224 e. The molecule has 3 rings (SSSR count). The third kappa shape index (κ3) is 4.69. The van der Waals surface area contributed by atoms with Crippen LogP contribution in [0.2, 0.25) is 0 Å². The maximum absolute atomic E-state index is 12.5. The molecule has 0 bridgehead atoms. The number of hydrogen-bond acceptors (Lipinski definition) is 4. The average molecular weight is 352 g/mol. The second-order valence-corrected chi connectivity index (χ2v) is 6.92. The number of nitrogens with zero attached hydrogens (tertiary/aromatic N) is 3. The van der Waals surface area contributed by atoms with E-state index in [0.717, 1.165) is 12.0 Å². The summed E-state index contributed by atoms with van der Waals surface area (Å²) in [5.41, 5.74) is 0.705. The highest BCUT2D eigenvalue weighted by Gasteiger charge is 2.39. The van der Waals surface area contributed by atoms with Crippen molar-refractivity contribution in [3.8, 4) is 12.3 Å². The highest BCUT2D eigenvalue weighted by molar-refractivity contribution is 5.83. The highest BCUT2D eigenvalue weighted by Crippen LogP contribution is 2.36. The lowest BCUT2D eigenvalue weighted by Gasteiger charge is -2.32. The van der Waals surface area contributed by atoms with E-state index in [1.165, 1.54) is 0 Å². The predicted molar refractivity (Wildman–Crippen MR) is 97.9 cm³/mol. The van der Waals surface area contributed by atoms with E-state index >= 15 is 0 Å². The molecular weight excluding hydrogens is 328 g/mol. The van der Waals surface area contributed by atoms with Crippen molar-refractivity contribution in [2.75, 3.05) is 13.1 Å². The van der Waals surface area contributed by atoms with Gasteiger partial charge < -0.3 is 10.2 Å². The lowest BCUT2D eigenvalue weighted by atomic mass is 9.96. The zero-order chi connectivity index (χ0) is 18.4. The van der Waals surface area contributed by atoms with Crippen LogP contribution in [0.5, 0.6) is 0 Å². The molecule has 1 atom stereocenters. The van der Waals surface area contributed by atoms with Crippen LogP contribution in [0.4, 0.5) is 0 Å². The number of likely N-dealkylation sites (tertiary alicyclic amines) is 1. The van der Waals surface area contributed by atoms with Crippen LogP contribution in [-0.2, 0) is 16.1 Å². The highest BCUT2D eigenvalue weighted by atomic mass is 16.2. The third-order valence-corrected chi connectivity index (χ3v) is 4.96. The molecule has 0 saturated carbocycles. The summed E-state index contributed by atoms with van der Waals surface area (Å²) < 4.78 is 0. The van der Waals surface area contributed by atoms with Gasteiger partial charge in [0.1, 0.15) is 0 Å². The van der Waals surface area contributed by atoms with Crippen molar-refractivity contribution < 1.29 is 9.59 Å². The summed E-state index contributed by atoms with van der Waals surface area (Å²) in [7, 11) is 0. The van der Waals surface area contributed by atoms with E-state index in [9.17, 15) is 9.59 Å². The molecule has 1 aromatic rings. The largest absolute Gasteiger partial charge is 0.356 e. The minimum atomic E-state index is -0.373. The first-order valence-electron chi connectivity index (χ1n) is 9.09. The fourth-order valence-corrected chi connectivity index (χ4v) is 3.28. The van der Waals surface area contributed by atoms with E-state index in [1.54, 1.807) is 4.90 Å². The van der Waals surface area contributed by atoms with Gasteiger partial charge in [-0.25, -0.2) is 0 Å². The van der Waals surface area contributed by atoms with E-state index < -0.39 is 0 Å². The molecule has 6 heteroatoms. The quantitative estimate of drug-likeness (QED) is 0.730. The number of carbonyl (C=O) groups is 2. The number of rotatable bonds is 8. The standard InChI is InChI=1S/C20H24N4O2/c1-2-3-11-20(22-23-20)12-13-21-19(26)17-9-10-18(25)24(15-17)14-16-7-5-4-6-8-16/h1,4-8,17H,3,9-15H2,(H,21,26). The van der Waals surface area contributed by atoms with Gasteiger partial charge in [0, 0.05) is 45.3 Å². The Labute approximate surface area is 154 Å². The number of nitrogens with one attached hydrogen (secondary N) is 1. The number of piperidine rings is 1. The van der Waals surface area contributed by atoms with Crippen LogP contribution in [0.1, 0.15) is 37.7 Å². The fourth-order valence-electron chi connectivity index (χ4n) is 3.28. The summed E-state index contributed by atoms with van der Waals surface area (Å²) in [5.74, 6) is 2.55. The first kappa shape index (κ1) is 18.1. The maximum atomic E-state index is 12.5. The van der Waals surface area contributed by atoms with Crippen molar-refractivity contribution in [2.24, 2.45) is 16.1 Å². The second kappa shape index (κ2) is 8.13. The van der Waals surface area contributed by atoms with Gasteiger partial charge in [-0.2, -0.15) is 10.2 Å². The number of hydrogen-bond donors (Lipinski definition) is 1. The van der Waals surface area contributed by atoms with Gasteiger partial charge in [0.25, 0.3) is 0 Å². The second-order valence-electron chi connectivity index (χ2n) is 6.92. The van der Waals surface area contributed by atoms with Gasteiger partial charge in [0.05, 0.1) is 5.92 Å². The van der Waals surface area contributed by atoms with Crippen LogP contribution >= 0.6 is 0 Å². The summed E-state index contributed by atoms with van der Waals surface area (Å²) in [6, 6.07) is 9.85. The molecule has 0 aromatic heterocycles. The molecule has 26 heavy (non-hydrogen) atoms. The molecular formula is C20H24N4O2. The lowest BCUT2D eigenvalue weighted by molar-refractivity contribution is -0.138. The fraction of sp³-hybridized carbons (Fsp3) is 0.500. The smallest absolute Gasteiger partial charge is 0.224 e. The van der Waals surface area contributed by atoms with Crippen molar-refractivity contribution in [3.05, 3.63) is 35.9 Å². The number of amides is 2. The Balaban J connectivity index is 1.45. The Morgan fingerprint density at radius 2 is 2.08 bits per heavy atom. The molecule has 2 aliphatic heterocycles. The number of benzene rings is 1. The van der Waals surface area contributed by atoms with Crippen LogP contribution in [0.25, 0.3) is 0 Å². The zero-order valence-electron chi connectivity index (χ0n) is 14.9. The molecule has 2 heterocycles. The monoisotopic (exact) mass is 352 g/mol. The van der Waals surface area contributed by atoms with Crippen molar-refractivity contribution in [1.82, 2.24) is 10.2 Å². The average Bonchev–Trinajstić information content (AvgIpc) is 3.42. The van der Waals surface area contributed by atoms with Gasteiger partial charge in [-0.3, -0.25) is 9.59 Å². The van der Waals surface area contributed by atoms with Gasteiger partial charge >= 0.3 is 0 Å². The Hall–Kier alpha value is -2.68. The van der Waals surface area contributed by atoms with Crippen molar-refractivity contribution >= 4 is 11.8 Å². The first-order valence-corrected chi connectivity index (χ1v) is 9.09. The SMILES string of the molecule is C#CCCC1(CCNC(=O)C2CCC(=O)N(Cc3ccccc3)C2)N=N1. The van der Waals surface area contributed by atoms with Gasteiger partial charge in [0.15, 0.2) is 5.66 Å². The Kier molecular flexibility index (Phi) is 5.67. The Bertz CT molecular complexity index is 717. The molecule has 1 saturated heterocycles. The molecule has 0 aliphatic carbocycles. The molecule has 136 valence electrons. The molecule has 2 amide bonds. The third-order valence-electron chi connectivity index (χ3n) is 4.96. The summed E-state index contributed by atoms with van der Waals surface area (Å²) >= 11 is 0. The minimum absolute atomic E-state index is 0.00307. The molecule has 1 N–H and O–H groups in total. The van der Waals surface area contributed by atoms with Crippen LogP contribution in [0.3, 0.4) is 0 Å². The van der Waals surface area contributed by atoms with E-state index in [2.05, 4.69) is 21.5 Å². The summed E-state index contributed by atoms with van der Waals surface area (Å²) in [4.78, 5) is 26.4. The topological polar surface area (TPSA) is 74.1 Å². The minimum Gasteiger partial charge on any atom is -0.356 e. The molecule has 2 aliphatic rings. The molecule has 1 fully saturated rings. The van der Waals surface area contributed by atoms with Gasteiger partial charge in [-0.1, -0.05) is 30.3 Å². The van der Waals surface area contributed by atoms with Crippen molar-refractivity contribution in [1.29, 1.82) is 0 Å². The zero-order valence-corrected chi connectivity index (χ0v) is 14.9. The molecule has 6 nitrogen and oxygen atoms in total. The Morgan fingerprint density at radius 3 is 2.77 bits per heavy atom. The first-order chi connectivity index (χ1) is 12.6. The van der Waals surface area contributed by atoms with Crippen LogP contribution in [-0.4, -0.2) is 35.5 Å². The van der Waals surface area contributed by atoms with Gasteiger partial charge in [-0.15, -0.1) is 12.3 Å². The van der Waals surface area contributed by atoms with Gasteiger partial charge in [0.2, 0.25) is 11.8 Å². The number of terminal acetylenes is 1. The predicted octanol–water partition coefficient (Wildman–Crippen LogP) is 2.51. The van der Waals surface area contributed by atoms with E-state index in [0.29, 0.717) is 45.3 Å². The summed E-state index contributed by atoms with van der Waals surface area (Å²) in [6.07, 6.45) is 8.36. The summed E-state index contributed by atoms with van der Waals surface area (Å²) in [6.45, 7) is 1.55. The van der Waals surface area contributed by atoms with E-state index in [4.69, 9.17) is 6.42 Å². The number of carbonyl (C=O) groups excluding carboxylic acids is 2. The van der Waals surface area contributed by atoms with E-state index in [-0.39, 0.29) is 23.4 Å².